The molecule has 20 heavy (non-hydrogen) atoms. The Morgan fingerprint density at radius 3 is 2.20 bits per heavy atom. The van der Waals surface area contributed by atoms with Gasteiger partial charge in [-0.25, -0.2) is 0 Å². The van der Waals surface area contributed by atoms with E-state index in [9.17, 15) is 4.79 Å². The summed E-state index contributed by atoms with van der Waals surface area (Å²) in [5, 5.41) is 2.84. The van der Waals surface area contributed by atoms with Crippen LogP contribution in [-0.2, 0) is 11.2 Å². The summed E-state index contributed by atoms with van der Waals surface area (Å²) >= 11 is 18.0. The Morgan fingerprint density at radius 2 is 1.75 bits per heavy atom. The molecule has 0 unspecified atom stereocenters. The van der Waals surface area contributed by atoms with Crippen LogP contribution < -0.4 is 10.2 Å². The molecular formula is C14H20Cl3N2O+. The highest BCUT2D eigenvalue weighted by Gasteiger charge is 2.40. The van der Waals surface area contributed by atoms with E-state index in [-0.39, 0.29) is 12.3 Å². The van der Waals surface area contributed by atoms with Crippen molar-refractivity contribution in [2.75, 3.05) is 13.1 Å². The number of amides is 1. The van der Waals surface area contributed by atoms with Crippen molar-refractivity contribution in [3.63, 3.8) is 0 Å². The smallest absolute Gasteiger partial charge is 0.262 e. The molecule has 112 valence electrons. The SMILES string of the molecule is CC[NH+](CC)[C@H](NC(=O)Cc1ccccc1)C(Cl)(Cl)Cl. The molecule has 3 nitrogen and oxygen atoms in total. The molecule has 1 aromatic carbocycles. The summed E-state index contributed by atoms with van der Waals surface area (Å²) in [6.07, 6.45) is -0.280. The number of carbonyl (C=O) groups is 1. The summed E-state index contributed by atoms with van der Waals surface area (Å²) < 4.78 is -1.53. The van der Waals surface area contributed by atoms with Crippen molar-refractivity contribution in [3.8, 4) is 0 Å². The van der Waals surface area contributed by atoms with Gasteiger partial charge in [0.15, 0.2) is 0 Å². The fourth-order valence-corrected chi connectivity index (χ4v) is 2.69. The van der Waals surface area contributed by atoms with Crippen LogP contribution in [0, 0.1) is 0 Å². The lowest BCUT2D eigenvalue weighted by atomic mass is 10.1. The number of benzene rings is 1. The van der Waals surface area contributed by atoms with Gasteiger partial charge in [0.05, 0.1) is 19.5 Å². The van der Waals surface area contributed by atoms with E-state index in [4.69, 9.17) is 34.8 Å². The third-order valence-corrected chi connectivity index (χ3v) is 3.81. The van der Waals surface area contributed by atoms with Crippen LogP contribution in [0.2, 0.25) is 0 Å². The zero-order valence-corrected chi connectivity index (χ0v) is 13.9. The van der Waals surface area contributed by atoms with Gasteiger partial charge in [0.2, 0.25) is 12.1 Å². The van der Waals surface area contributed by atoms with E-state index in [1.165, 1.54) is 0 Å². The molecule has 0 aliphatic heterocycles. The van der Waals surface area contributed by atoms with E-state index in [0.717, 1.165) is 23.6 Å². The van der Waals surface area contributed by atoms with Crippen molar-refractivity contribution in [1.29, 1.82) is 0 Å². The molecule has 0 radical (unpaired) electrons. The third-order valence-electron chi connectivity index (χ3n) is 3.16. The molecule has 0 fully saturated rings. The minimum atomic E-state index is -1.53. The number of alkyl halides is 3. The first-order valence-electron chi connectivity index (χ1n) is 6.63. The number of carbonyl (C=O) groups excluding carboxylic acids is 1. The van der Waals surface area contributed by atoms with Crippen LogP contribution in [0.4, 0.5) is 0 Å². The number of halogens is 3. The van der Waals surface area contributed by atoms with Crippen molar-refractivity contribution in [2.45, 2.75) is 30.2 Å². The van der Waals surface area contributed by atoms with Crippen molar-refractivity contribution in [2.24, 2.45) is 0 Å². The Labute approximate surface area is 135 Å². The second kappa shape index (κ2) is 8.08. The van der Waals surface area contributed by atoms with Crippen molar-refractivity contribution in [3.05, 3.63) is 35.9 Å². The number of rotatable bonds is 6. The minimum absolute atomic E-state index is 0.146. The highest BCUT2D eigenvalue weighted by Crippen LogP contribution is 2.27. The maximum absolute atomic E-state index is 12.1. The van der Waals surface area contributed by atoms with Gasteiger partial charge in [-0.15, -0.1) is 0 Å². The molecule has 1 aromatic rings. The normalized spacial score (nSPS) is 13.3. The van der Waals surface area contributed by atoms with Crippen LogP contribution in [0.15, 0.2) is 30.3 Å². The second-order valence-corrected chi connectivity index (χ2v) is 6.94. The van der Waals surface area contributed by atoms with Gasteiger partial charge in [-0.3, -0.25) is 4.79 Å². The van der Waals surface area contributed by atoms with Crippen LogP contribution in [0.25, 0.3) is 0 Å². The highest BCUT2D eigenvalue weighted by atomic mass is 35.6. The molecular weight excluding hydrogens is 319 g/mol. The van der Waals surface area contributed by atoms with Gasteiger partial charge in [0, 0.05) is 0 Å². The Kier molecular flexibility index (Phi) is 7.10. The molecule has 0 saturated heterocycles. The third kappa shape index (κ3) is 5.49. The predicted octanol–water partition coefficient (Wildman–Crippen LogP) is 1.97. The van der Waals surface area contributed by atoms with E-state index in [1.54, 1.807) is 0 Å². The van der Waals surface area contributed by atoms with Gasteiger partial charge in [-0.1, -0.05) is 65.1 Å². The second-order valence-electron chi connectivity index (χ2n) is 4.57. The zero-order valence-electron chi connectivity index (χ0n) is 11.6. The van der Waals surface area contributed by atoms with Crippen LogP contribution in [0.5, 0.6) is 0 Å². The first kappa shape index (κ1) is 17.6. The Hall–Kier alpha value is -0.480. The maximum atomic E-state index is 12.1. The largest absolute Gasteiger partial charge is 0.312 e. The Morgan fingerprint density at radius 1 is 1.20 bits per heavy atom. The molecule has 1 rings (SSSR count). The van der Waals surface area contributed by atoms with Gasteiger partial charge < -0.3 is 10.2 Å². The van der Waals surface area contributed by atoms with Crippen LogP contribution >= 0.6 is 34.8 Å². The quantitative estimate of drug-likeness (QED) is 0.603. The standard InChI is InChI=1S/C14H19Cl3N2O/c1-3-19(4-2)13(14(15,16)17)18-12(20)10-11-8-6-5-7-9-11/h5-9,13H,3-4,10H2,1-2H3,(H,18,20)/p+1/t13-/m0/s1. The number of quaternary nitrogens is 1. The molecule has 0 aliphatic rings. The first-order valence-corrected chi connectivity index (χ1v) is 7.76. The summed E-state index contributed by atoms with van der Waals surface area (Å²) in [6.45, 7) is 5.51. The zero-order chi connectivity index (χ0) is 15.2. The number of hydrogen-bond donors (Lipinski definition) is 2. The number of hydrogen-bond acceptors (Lipinski definition) is 1. The summed E-state index contributed by atoms with van der Waals surface area (Å²) in [6, 6.07) is 9.49. The van der Waals surface area contributed by atoms with Crippen molar-refractivity contribution in [1.82, 2.24) is 5.32 Å². The van der Waals surface area contributed by atoms with E-state index in [2.05, 4.69) is 5.32 Å². The summed E-state index contributed by atoms with van der Waals surface area (Å²) in [5.74, 6) is -0.146. The fourth-order valence-electron chi connectivity index (χ4n) is 2.07. The predicted molar refractivity (Wildman–Crippen MR) is 84.4 cm³/mol. The van der Waals surface area contributed by atoms with Crippen molar-refractivity contribution >= 4 is 40.7 Å². The monoisotopic (exact) mass is 337 g/mol. The highest BCUT2D eigenvalue weighted by molar-refractivity contribution is 6.68. The summed E-state index contributed by atoms with van der Waals surface area (Å²) in [4.78, 5) is 13.1. The lowest BCUT2D eigenvalue weighted by molar-refractivity contribution is -0.923. The summed E-state index contributed by atoms with van der Waals surface area (Å²) in [5.41, 5.74) is 0.933. The summed E-state index contributed by atoms with van der Waals surface area (Å²) in [7, 11) is 0. The molecule has 0 spiro atoms. The maximum Gasteiger partial charge on any atom is 0.262 e. The van der Waals surface area contributed by atoms with Gasteiger partial charge >= 0.3 is 0 Å². The van der Waals surface area contributed by atoms with E-state index >= 15 is 0 Å². The molecule has 0 aliphatic carbocycles. The minimum Gasteiger partial charge on any atom is -0.312 e. The van der Waals surface area contributed by atoms with Crippen molar-refractivity contribution < 1.29 is 9.69 Å². The average Bonchev–Trinajstić information content (AvgIpc) is 2.39. The van der Waals surface area contributed by atoms with Gasteiger partial charge in [0.1, 0.15) is 0 Å². The molecule has 1 atom stereocenters. The first-order chi connectivity index (χ1) is 9.38. The average molecular weight is 339 g/mol. The van der Waals surface area contributed by atoms with Gasteiger partial charge in [0.25, 0.3) is 3.79 Å². The fraction of sp³-hybridized carbons (Fsp3) is 0.500. The molecule has 0 heterocycles. The molecule has 0 saturated carbocycles. The lowest BCUT2D eigenvalue weighted by Crippen LogP contribution is -3.18. The van der Waals surface area contributed by atoms with Crippen LogP contribution in [0.1, 0.15) is 19.4 Å². The molecule has 6 heteroatoms. The molecule has 1 amide bonds. The van der Waals surface area contributed by atoms with Gasteiger partial charge in [-0.05, 0) is 19.4 Å². The van der Waals surface area contributed by atoms with E-state index < -0.39 is 9.96 Å². The van der Waals surface area contributed by atoms with Crippen LogP contribution in [-0.4, -0.2) is 29.0 Å². The number of nitrogens with one attached hydrogen (secondary N) is 2. The Bertz CT molecular complexity index is 416. The van der Waals surface area contributed by atoms with E-state index in [1.807, 2.05) is 44.2 Å². The van der Waals surface area contributed by atoms with Gasteiger partial charge in [-0.2, -0.15) is 0 Å². The van der Waals surface area contributed by atoms with E-state index in [0.29, 0.717) is 0 Å². The molecule has 2 N–H and O–H groups in total. The van der Waals surface area contributed by atoms with Crippen LogP contribution in [0.3, 0.4) is 0 Å². The molecule has 0 aromatic heterocycles. The lowest BCUT2D eigenvalue weighted by Gasteiger charge is -2.31. The Balaban J connectivity index is 2.72. The molecule has 0 bridgehead atoms. The topological polar surface area (TPSA) is 33.5 Å².